The molecule has 0 bridgehead atoms. The van der Waals surface area contributed by atoms with Gasteiger partial charge in [0.05, 0.1) is 6.42 Å². The van der Waals surface area contributed by atoms with Crippen LogP contribution in [0.4, 0.5) is 0 Å². The first-order chi connectivity index (χ1) is 6.27. The van der Waals surface area contributed by atoms with Crippen molar-refractivity contribution in [3.05, 3.63) is 11.6 Å². The number of hydrogen-bond donors (Lipinski definition) is 0. The predicted molar refractivity (Wildman–Crippen MR) is 50.2 cm³/mol. The van der Waals surface area contributed by atoms with E-state index in [-0.39, 0.29) is 12.1 Å². The van der Waals surface area contributed by atoms with Crippen LogP contribution < -0.4 is 0 Å². The lowest BCUT2D eigenvalue weighted by Gasteiger charge is -2.20. The summed E-state index contributed by atoms with van der Waals surface area (Å²) < 4.78 is 5.31. The first-order valence-electron chi connectivity index (χ1n) is 5.16. The molecule has 2 nitrogen and oxygen atoms in total. The highest BCUT2D eigenvalue weighted by atomic mass is 16.5. The summed E-state index contributed by atoms with van der Waals surface area (Å²) in [5, 5.41) is 0. The minimum absolute atomic E-state index is 0.0241. The molecular weight excluding hydrogens is 164 g/mol. The SMILES string of the molecule is C[C@H]1CC(=O)O[C@H]1C1=CCCCC1. The number of esters is 1. The van der Waals surface area contributed by atoms with Gasteiger partial charge in [-0.1, -0.05) is 13.0 Å². The van der Waals surface area contributed by atoms with Crippen molar-refractivity contribution >= 4 is 5.97 Å². The molecule has 2 rings (SSSR count). The van der Waals surface area contributed by atoms with E-state index in [9.17, 15) is 4.79 Å². The highest BCUT2D eigenvalue weighted by molar-refractivity contribution is 5.72. The normalized spacial score (nSPS) is 34.2. The van der Waals surface area contributed by atoms with Gasteiger partial charge in [-0.3, -0.25) is 4.79 Å². The fourth-order valence-corrected chi connectivity index (χ4v) is 2.24. The maximum absolute atomic E-state index is 11.1. The van der Waals surface area contributed by atoms with E-state index in [0.29, 0.717) is 12.3 Å². The van der Waals surface area contributed by atoms with E-state index in [1.807, 2.05) is 0 Å². The van der Waals surface area contributed by atoms with Crippen molar-refractivity contribution in [3.8, 4) is 0 Å². The van der Waals surface area contributed by atoms with Gasteiger partial charge in [0.2, 0.25) is 0 Å². The topological polar surface area (TPSA) is 26.3 Å². The zero-order valence-electron chi connectivity index (χ0n) is 8.08. The van der Waals surface area contributed by atoms with Crippen molar-refractivity contribution in [1.82, 2.24) is 0 Å². The maximum Gasteiger partial charge on any atom is 0.306 e. The Hall–Kier alpha value is -0.790. The number of allylic oxidation sites excluding steroid dienone is 1. The molecule has 0 amide bonds. The van der Waals surface area contributed by atoms with Gasteiger partial charge in [0.15, 0.2) is 0 Å². The summed E-state index contributed by atoms with van der Waals surface area (Å²) in [5.74, 6) is 0.362. The van der Waals surface area contributed by atoms with Crippen LogP contribution in [0.5, 0.6) is 0 Å². The van der Waals surface area contributed by atoms with E-state index in [4.69, 9.17) is 4.74 Å². The van der Waals surface area contributed by atoms with E-state index >= 15 is 0 Å². The van der Waals surface area contributed by atoms with Crippen LogP contribution in [0.1, 0.15) is 39.0 Å². The van der Waals surface area contributed by atoms with Gasteiger partial charge in [-0.25, -0.2) is 0 Å². The minimum atomic E-state index is -0.0241. The molecule has 0 aromatic rings. The summed E-state index contributed by atoms with van der Waals surface area (Å²) in [6, 6.07) is 0. The van der Waals surface area contributed by atoms with E-state index in [0.717, 1.165) is 12.8 Å². The predicted octanol–water partition coefficient (Wildman–Crippen LogP) is 2.44. The molecular formula is C11H16O2. The Kier molecular flexibility index (Phi) is 2.38. The Balaban J connectivity index is 2.07. The van der Waals surface area contributed by atoms with Crippen LogP contribution in [-0.2, 0) is 9.53 Å². The lowest BCUT2D eigenvalue weighted by Crippen LogP contribution is -2.18. The quantitative estimate of drug-likeness (QED) is 0.457. The largest absolute Gasteiger partial charge is 0.458 e. The average Bonchev–Trinajstić information content (AvgIpc) is 2.47. The third kappa shape index (κ3) is 1.77. The van der Waals surface area contributed by atoms with Gasteiger partial charge in [-0.2, -0.15) is 0 Å². The molecule has 1 heterocycles. The highest BCUT2D eigenvalue weighted by Crippen LogP contribution is 2.32. The molecule has 2 heteroatoms. The third-order valence-corrected chi connectivity index (χ3v) is 2.96. The Labute approximate surface area is 79.0 Å². The molecule has 13 heavy (non-hydrogen) atoms. The number of carbonyl (C=O) groups is 1. The summed E-state index contributed by atoms with van der Waals surface area (Å²) in [6.45, 7) is 2.10. The second-order valence-electron chi connectivity index (χ2n) is 4.12. The Morgan fingerprint density at radius 2 is 2.31 bits per heavy atom. The van der Waals surface area contributed by atoms with Crippen LogP contribution in [0.15, 0.2) is 11.6 Å². The molecule has 0 aromatic carbocycles. The Morgan fingerprint density at radius 1 is 1.46 bits per heavy atom. The van der Waals surface area contributed by atoms with E-state index in [1.165, 1.54) is 18.4 Å². The summed E-state index contributed by atoms with van der Waals surface area (Å²) in [5.41, 5.74) is 1.37. The van der Waals surface area contributed by atoms with Gasteiger partial charge in [0.1, 0.15) is 6.10 Å². The molecule has 72 valence electrons. The molecule has 0 unspecified atom stereocenters. The molecule has 2 atom stereocenters. The molecule has 1 saturated heterocycles. The molecule has 0 spiro atoms. The molecule has 1 aliphatic carbocycles. The Morgan fingerprint density at radius 3 is 2.85 bits per heavy atom. The number of cyclic esters (lactones) is 1. The maximum atomic E-state index is 11.1. The van der Waals surface area contributed by atoms with Crippen LogP contribution in [0.25, 0.3) is 0 Å². The van der Waals surface area contributed by atoms with E-state index < -0.39 is 0 Å². The Bertz CT molecular complexity index is 242. The molecule has 0 saturated carbocycles. The van der Waals surface area contributed by atoms with Crippen molar-refractivity contribution in [2.24, 2.45) is 5.92 Å². The zero-order chi connectivity index (χ0) is 9.26. The zero-order valence-corrected chi connectivity index (χ0v) is 8.08. The fraction of sp³-hybridized carbons (Fsp3) is 0.727. The van der Waals surface area contributed by atoms with Gasteiger partial charge in [-0.05, 0) is 31.3 Å². The molecule has 0 radical (unpaired) electrons. The first kappa shape index (κ1) is 8.79. The highest BCUT2D eigenvalue weighted by Gasteiger charge is 2.33. The second-order valence-corrected chi connectivity index (χ2v) is 4.12. The first-order valence-corrected chi connectivity index (χ1v) is 5.16. The van der Waals surface area contributed by atoms with Gasteiger partial charge in [-0.15, -0.1) is 0 Å². The van der Waals surface area contributed by atoms with Crippen LogP contribution >= 0.6 is 0 Å². The lowest BCUT2D eigenvalue weighted by molar-refractivity contribution is -0.140. The van der Waals surface area contributed by atoms with E-state index in [1.54, 1.807) is 0 Å². The van der Waals surface area contributed by atoms with Crippen molar-refractivity contribution in [2.75, 3.05) is 0 Å². The molecule has 1 fully saturated rings. The molecule has 1 aliphatic heterocycles. The van der Waals surface area contributed by atoms with Crippen molar-refractivity contribution < 1.29 is 9.53 Å². The van der Waals surface area contributed by atoms with Gasteiger partial charge in [0.25, 0.3) is 0 Å². The summed E-state index contributed by atoms with van der Waals surface area (Å²) >= 11 is 0. The van der Waals surface area contributed by atoms with Gasteiger partial charge in [0, 0.05) is 5.92 Å². The summed E-state index contributed by atoms with van der Waals surface area (Å²) in [4.78, 5) is 11.1. The average molecular weight is 180 g/mol. The van der Waals surface area contributed by atoms with Crippen molar-refractivity contribution in [3.63, 3.8) is 0 Å². The number of hydrogen-bond acceptors (Lipinski definition) is 2. The number of carbonyl (C=O) groups excluding carboxylic acids is 1. The monoisotopic (exact) mass is 180 g/mol. The lowest BCUT2D eigenvalue weighted by atomic mass is 9.89. The standard InChI is InChI=1S/C11H16O2/c1-8-7-10(12)13-11(8)9-5-3-2-4-6-9/h5,8,11H,2-4,6-7H2,1H3/t8-,11+/m0/s1. The van der Waals surface area contributed by atoms with Crippen LogP contribution in [0, 0.1) is 5.92 Å². The third-order valence-electron chi connectivity index (χ3n) is 2.96. The molecule has 2 aliphatic rings. The second kappa shape index (κ2) is 3.52. The molecule has 0 aromatic heterocycles. The number of ether oxygens (including phenoxy) is 1. The van der Waals surface area contributed by atoms with Gasteiger partial charge < -0.3 is 4.74 Å². The summed E-state index contributed by atoms with van der Waals surface area (Å²) in [6.07, 6.45) is 7.81. The van der Waals surface area contributed by atoms with E-state index in [2.05, 4.69) is 13.0 Å². The molecule has 0 N–H and O–H groups in total. The van der Waals surface area contributed by atoms with Crippen LogP contribution in [0.2, 0.25) is 0 Å². The van der Waals surface area contributed by atoms with Crippen molar-refractivity contribution in [1.29, 1.82) is 0 Å². The van der Waals surface area contributed by atoms with Crippen LogP contribution in [0.3, 0.4) is 0 Å². The fourth-order valence-electron chi connectivity index (χ4n) is 2.24. The minimum Gasteiger partial charge on any atom is -0.458 e. The van der Waals surface area contributed by atoms with Crippen molar-refractivity contribution in [2.45, 2.75) is 45.1 Å². The van der Waals surface area contributed by atoms with Gasteiger partial charge >= 0.3 is 5.97 Å². The smallest absolute Gasteiger partial charge is 0.306 e. The number of rotatable bonds is 1. The van der Waals surface area contributed by atoms with Crippen LogP contribution in [-0.4, -0.2) is 12.1 Å². The summed E-state index contributed by atoms with van der Waals surface area (Å²) in [7, 11) is 0.